The molecule has 2 aromatic carbocycles. The first kappa shape index (κ1) is 27.8. The SMILES string of the molecule is CN(c1ccc2c(c1)nc(C(C)(C)C)n2CC1CCCCC1)S(=O)c1ccc(NC(=O)CN2CCCC2)cc1. The number of anilines is 2. The van der Waals surface area contributed by atoms with Gasteiger partial charge in [-0.25, -0.2) is 9.19 Å². The molecule has 39 heavy (non-hydrogen) atoms. The number of nitrogens with zero attached hydrogens (tertiary/aromatic N) is 4. The summed E-state index contributed by atoms with van der Waals surface area (Å²) in [5, 5.41) is 2.96. The normalized spacial score (nSPS) is 17.9. The first-order chi connectivity index (χ1) is 18.7. The van der Waals surface area contributed by atoms with Gasteiger partial charge >= 0.3 is 0 Å². The predicted octanol–water partition coefficient (Wildman–Crippen LogP) is 6.11. The van der Waals surface area contributed by atoms with Gasteiger partial charge in [0.05, 0.1) is 28.2 Å². The van der Waals surface area contributed by atoms with Crippen LogP contribution in [-0.4, -0.2) is 51.2 Å². The number of carbonyl (C=O) groups excluding carboxylic acids is 1. The zero-order chi connectivity index (χ0) is 27.6. The second-order valence-corrected chi connectivity index (χ2v) is 13.8. The highest BCUT2D eigenvalue weighted by atomic mass is 32.2. The highest BCUT2D eigenvalue weighted by Gasteiger charge is 2.26. The van der Waals surface area contributed by atoms with E-state index in [-0.39, 0.29) is 11.3 Å². The molecule has 1 amide bonds. The third kappa shape index (κ3) is 6.55. The molecule has 0 spiro atoms. The van der Waals surface area contributed by atoms with Crippen molar-refractivity contribution >= 4 is 39.3 Å². The van der Waals surface area contributed by atoms with E-state index in [9.17, 15) is 9.00 Å². The van der Waals surface area contributed by atoms with Gasteiger partial charge in [0.2, 0.25) is 5.91 Å². The Morgan fingerprint density at radius 2 is 1.72 bits per heavy atom. The number of nitrogens with one attached hydrogen (secondary N) is 1. The number of fused-ring (bicyclic) bond motifs is 1. The van der Waals surface area contributed by atoms with Crippen molar-refractivity contribution in [3.05, 3.63) is 48.3 Å². The number of carbonyl (C=O) groups is 1. The number of aromatic nitrogens is 2. The summed E-state index contributed by atoms with van der Waals surface area (Å²) in [6.45, 7) is 10.1. The molecule has 1 unspecified atom stereocenters. The Morgan fingerprint density at radius 1 is 1.03 bits per heavy atom. The molecule has 1 saturated heterocycles. The minimum Gasteiger partial charge on any atom is -0.327 e. The van der Waals surface area contributed by atoms with Crippen LogP contribution in [-0.2, 0) is 27.7 Å². The maximum Gasteiger partial charge on any atom is 0.238 e. The summed E-state index contributed by atoms with van der Waals surface area (Å²) in [4.78, 5) is 20.3. The first-order valence-corrected chi connectivity index (χ1v) is 15.6. The highest BCUT2D eigenvalue weighted by Crippen LogP contribution is 2.33. The van der Waals surface area contributed by atoms with Crippen LogP contribution in [0.4, 0.5) is 11.4 Å². The summed E-state index contributed by atoms with van der Waals surface area (Å²) in [6.07, 6.45) is 8.93. The van der Waals surface area contributed by atoms with Crippen LogP contribution in [0.1, 0.15) is 71.5 Å². The molecule has 1 aliphatic carbocycles. The summed E-state index contributed by atoms with van der Waals surface area (Å²) in [5.41, 5.74) is 3.64. The van der Waals surface area contributed by atoms with E-state index in [2.05, 4.69) is 53.8 Å². The van der Waals surface area contributed by atoms with Crippen LogP contribution in [0, 0.1) is 5.92 Å². The molecule has 1 N–H and O–H groups in total. The first-order valence-electron chi connectivity index (χ1n) is 14.5. The number of amides is 1. The van der Waals surface area contributed by atoms with Crippen molar-refractivity contribution in [3.8, 4) is 0 Å². The Kier molecular flexibility index (Phi) is 8.43. The van der Waals surface area contributed by atoms with Crippen LogP contribution in [0.5, 0.6) is 0 Å². The summed E-state index contributed by atoms with van der Waals surface area (Å²) in [7, 11) is 0.464. The molecule has 0 radical (unpaired) electrons. The number of hydrogen-bond acceptors (Lipinski definition) is 4. The van der Waals surface area contributed by atoms with E-state index in [1.165, 1.54) is 32.1 Å². The molecular formula is C31H43N5O2S. The van der Waals surface area contributed by atoms with Gasteiger partial charge in [-0.15, -0.1) is 0 Å². The van der Waals surface area contributed by atoms with Crippen molar-refractivity contribution in [2.75, 3.05) is 36.3 Å². The van der Waals surface area contributed by atoms with Crippen molar-refractivity contribution in [2.24, 2.45) is 5.92 Å². The van der Waals surface area contributed by atoms with E-state index in [0.717, 1.165) is 60.7 Å². The Balaban J connectivity index is 1.31. The lowest BCUT2D eigenvalue weighted by molar-refractivity contribution is -0.117. The van der Waals surface area contributed by atoms with E-state index in [1.807, 2.05) is 31.3 Å². The number of benzene rings is 2. The summed E-state index contributed by atoms with van der Waals surface area (Å²) < 4.78 is 17.7. The molecule has 2 heterocycles. The Hall–Kier alpha value is -2.71. The number of rotatable bonds is 8. The van der Waals surface area contributed by atoms with E-state index in [4.69, 9.17) is 4.98 Å². The number of hydrogen-bond donors (Lipinski definition) is 1. The average Bonchev–Trinajstić information content (AvgIpc) is 3.56. The Labute approximate surface area is 235 Å². The maximum absolute atomic E-state index is 13.5. The molecule has 0 bridgehead atoms. The van der Waals surface area contributed by atoms with E-state index in [1.54, 1.807) is 4.31 Å². The fourth-order valence-electron chi connectivity index (χ4n) is 5.95. The molecule has 8 heteroatoms. The van der Waals surface area contributed by atoms with Crippen molar-refractivity contribution in [1.82, 2.24) is 14.5 Å². The van der Waals surface area contributed by atoms with Crippen molar-refractivity contribution in [3.63, 3.8) is 0 Å². The quantitative estimate of drug-likeness (QED) is 0.368. The predicted molar refractivity (Wildman–Crippen MR) is 161 cm³/mol. The van der Waals surface area contributed by atoms with Gasteiger partial charge in [-0.3, -0.25) is 14.0 Å². The van der Waals surface area contributed by atoms with Crippen LogP contribution in [0.2, 0.25) is 0 Å². The van der Waals surface area contributed by atoms with Gasteiger partial charge in [0, 0.05) is 24.7 Å². The fourth-order valence-corrected chi connectivity index (χ4v) is 6.94. The summed E-state index contributed by atoms with van der Waals surface area (Å²) in [6, 6.07) is 13.6. The van der Waals surface area contributed by atoms with Gasteiger partial charge in [0.25, 0.3) is 0 Å². The lowest BCUT2D eigenvalue weighted by Gasteiger charge is -2.26. The highest BCUT2D eigenvalue weighted by molar-refractivity contribution is 7.86. The van der Waals surface area contributed by atoms with E-state index in [0.29, 0.717) is 17.4 Å². The van der Waals surface area contributed by atoms with Crippen LogP contribution >= 0.6 is 0 Å². The topological polar surface area (TPSA) is 70.5 Å². The molecule has 1 saturated carbocycles. The molecule has 3 aromatic rings. The molecule has 1 aliphatic heterocycles. The molecule has 2 aliphatic rings. The van der Waals surface area contributed by atoms with E-state index < -0.39 is 11.0 Å². The van der Waals surface area contributed by atoms with Gasteiger partial charge in [-0.1, -0.05) is 40.0 Å². The lowest BCUT2D eigenvalue weighted by atomic mass is 9.88. The Bertz CT molecular complexity index is 1320. The van der Waals surface area contributed by atoms with Crippen LogP contribution < -0.4 is 9.62 Å². The summed E-state index contributed by atoms with van der Waals surface area (Å²) >= 11 is 0. The van der Waals surface area contributed by atoms with Crippen molar-refractivity contribution in [1.29, 1.82) is 0 Å². The molecule has 210 valence electrons. The zero-order valence-corrected chi connectivity index (χ0v) is 24.7. The molecule has 7 nitrogen and oxygen atoms in total. The number of imidazole rings is 1. The summed E-state index contributed by atoms with van der Waals surface area (Å²) in [5.74, 6) is 1.82. The van der Waals surface area contributed by atoms with Gasteiger partial charge in [-0.2, -0.15) is 0 Å². The fraction of sp³-hybridized carbons (Fsp3) is 0.548. The molecule has 1 aromatic heterocycles. The molecule has 1 atom stereocenters. The third-order valence-electron chi connectivity index (χ3n) is 8.09. The number of likely N-dealkylation sites (tertiary alicyclic amines) is 1. The maximum atomic E-state index is 13.5. The van der Waals surface area contributed by atoms with Crippen molar-refractivity contribution < 1.29 is 9.00 Å². The smallest absolute Gasteiger partial charge is 0.238 e. The third-order valence-corrected chi connectivity index (χ3v) is 9.47. The van der Waals surface area contributed by atoms with Crippen LogP contribution in [0.3, 0.4) is 0 Å². The van der Waals surface area contributed by atoms with Gasteiger partial charge < -0.3 is 9.88 Å². The minimum atomic E-state index is -1.39. The van der Waals surface area contributed by atoms with Gasteiger partial charge in [0.15, 0.2) is 11.0 Å². The monoisotopic (exact) mass is 549 g/mol. The van der Waals surface area contributed by atoms with E-state index >= 15 is 0 Å². The molecule has 5 rings (SSSR count). The van der Waals surface area contributed by atoms with Crippen LogP contribution in [0.15, 0.2) is 47.4 Å². The van der Waals surface area contributed by atoms with Crippen LogP contribution in [0.25, 0.3) is 11.0 Å². The van der Waals surface area contributed by atoms with Crippen molar-refractivity contribution in [2.45, 2.75) is 82.6 Å². The zero-order valence-electron chi connectivity index (χ0n) is 23.9. The standard InChI is InChI=1S/C31H43N5O2S/c1-31(2,3)30-33-27-20-25(14-17-28(27)36(30)21-23-10-6-5-7-11-23)34(4)39(38)26-15-12-24(13-16-26)32-29(37)22-35-18-8-9-19-35/h12-17,20,23H,5-11,18-19,21-22H2,1-4H3,(H,32,37). The lowest BCUT2D eigenvalue weighted by Crippen LogP contribution is -2.30. The average molecular weight is 550 g/mol. The second kappa shape index (κ2) is 11.8. The second-order valence-electron chi connectivity index (χ2n) is 12.3. The molecule has 2 fully saturated rings. The molecular weight excluding hydrogens is 506 g/mol. The minimum absolute atomic E-state index is 0.00579. The van der Waals surface area contributed by atoms with Gasteiger partial charge in [-0.05, 0) is 87.2 Å². The Morgan fingerprint density at radius 3 is 2.38 bits per heavy atom. The largest absolute Gasteiger partial charge is 0.327 e. The van der Waals surface area contributed by atoms with Gasteiger partial charge in [0.1, 0.15) is 5.82 Å².